The van der Waals surface area contributed by atoms with Crippen molar-refractivity contribution in [3.63, 3.8) is 0 Å². The van der Waals surface area contributed by atoms with Crippen LogP contribution in [0, 0.1) is 27.7 Å². The molecule has 1 aliphatic rings. The van der Waals surface area contributed by atoms with Crippen LogP contribution in [0.5, 0.6) is 0 Å². The van der Waals surface area contributed by atoms with Gasteiger partial charge in [-0.05, 0) is 69.0 Å². The highest BCUT2D eigenvalue weighted by molar-refractivity contribution is 6.04. The molecule has 1 aliphatic heterocycles. The summed E-state index contributed by atoms with van der Waals surface area (Å²) < 4.78 is 0. The summed E-state index contributed by atoms with van der Waals surface area (Å²) in [5.74, 6) is -0.219. The van der Waals surface area contributed by atoms with Gasteiger partial charge in [0.15, 0.2) is 0 Å². The Hall–Kier alpha value is -2.62. The maximum absolute atomic E-state index is 12.7. The van der Waals surface area contributed by atoms with Crippen LogP contribution in [0.2, 0.25) is 0 Å². The van der Waals surface area contributed by atoms with E-state index in [2.05, 4.69) is 12.2 Å². The Morgan fingerprint density at radius 3 is 2.44 bits per heavy atom. The van der Waals surface area contributed by atoms with Crippen molar-refractivity contribution in [2.24, 2.45) is 0 Å². The smallest absolute Gasteiger partial charge is 0.252 e. The Bertz CT molecular complexity index is 842. The molecule has 1 fully saturated rings. The van der Waals surface area contributed by atoms with E-state index in [1.807, 2.05) is 57.2 Å². The standard InChI is InChI=1S/C21H24N2O2/c1-13-5-6-15(3)18(11-13)20(24)22-19-9-10-23(21(19)25)17-8-7-14(2)16(4)12-17/h5-8,11-12,19H,9-10H2,1-4H3,(H,22,24)/t19-/m1/s1. The number of nitrogens with zero attached hydrogens (tertiary/aromatic N) is 1. The lowest BCUT2D eigenvalue weighted by molar-refractivity contribution is -0.118. The number of anilines is 1. The second-order valence-electron chi connectivity index (χ2n) is 6.89. The summed E-state index contributed by atoms with van der Waals surface area (Å²) in [6.45, 7) is 8.58. The number of carbonyl (C=O) groups is 2. The lowest BCUT2D eigenvalue weighted by atomic mass is 10.0. The molecule has 25 heavy (non-hydrogen) atoms. The molecule has 3 rings (SSSR count). The minimum absolute atomic E-state index is 0.0399. The molecule has 1 atom stereocenters. The van der Waals surface area contributed by atoms with Crippen molar-refractivity contribution in [2.45, 2.75) is 40.2 Å². The second-order valence-corrected chi connectivity index (χ2v) is 6.89. The number of carbonyl (C=O) groups excluding carboxylic acids is 2. The van der Waals surface area contributed by atoms with E-state index in [4.69, 9.17) is 0 Å². The van der Waals surface area contributed by atoms with E-state index in [9.17, 15) is 9.59 Å². The molecule has 0 saturated carbocycles. The van der Waals surface area contributed by atoms with Crippen molar-refractivity contribution in [1.29, 1.82) is 0 Å². The highest BCUT2D eigenvalue weighted by atomic mass is 16.2. The first-order chi connectivity index (χ1) is 11.9. The molecule has 2 amide bonds. The van der Waals surface area contributed by atoms with Crippen LogP contribution < -0.4 is 10.2 Å². The van der Waals surface area contributed by atoms with Gasteiger partial charge in [-0.15, -0.1) is 0 Å². The monoisotopic (exact) mass is 336 g/mol. The molecule has 0 radical (unpaired) electrons. The minimum Gasteiger partial charge on any atom is -0.340 e. The largest absolute Gasteiger partial charge is 0.340 e. The van der Waals surface area contributed by atoms with Crippen LogP contribution in [0.25, 0.3) is 0 Å². The van der Waals surface area contributed by atoms with Gasteiger partial charge in [0.25, 0.3) is 5.91 Å². The van der Waals surface area contributed by atoms with Crippen molar-refractivity contribution in [3.05, 3.63) is 64.2 Å². The predicted octanol–water partition coefficient (Wildman–Crippen LogP) is 3.46. The van der Waals surface area contributed by atoms with Crippen LogP contribution >= 0.6 is 0 Å². The van der Waals surface area contributed by atoms with E-state index < -0.39 is 6.04 Å². The quantitative estimate of drug-likeness (QED) is 0.933. The summed E-state index contributed by atoms with van der Waals surface area (Å²) in [7, 11) is 0. The maximum atomic E-state index is 12.7. The van der Waals surface area contributed by atoms with Crippen molar-refractivity contribution in [3.8, 4) is 0 Å². The Morgan fingerprint density at radius 2 is 1.72 bits per heavy atom. The molecular weight excluding hydrogens is 312 g/mol. The zero-order valence-corrected chi connectivity index (χ0v) is 15.2. The highest BCUT2D eigenvalue weighted by Gasteiger charge is 2.34. The zero-order chi connectivity index (χ0) is 18.1. The number of amides is 2. The van der Waals surface area contributed by atoms with Crippen LogP contribution in [-0.4, -0.2) is 24.4 Å². The molecule has 2 aromatic carbocycles. The maximum Gasteiger partial charge on any atom is 0.252 e. The van der Waals surface area contributed by atoms with Gasteiger partial charge in [-0.3, -0.25) is 9.59 Å². The third-order valence-corrected chi connectivity index (χ3v) is 4.95. The fourth-order valence-electron chi connectivity index (χ4n) is 3.18. The number of nitrogens with one attached hydrogen (secondary N) is 1. The Balaban J connectivity index is 1.74. The molecule has 1 saturated heterocycles. The first-order valence-electron chi connectivity index (χ1n) is 8.63. The molecule has 0 spiro atoms. The molecule has 0 aromatic heterocycles. The van der Waals surface area contributed by atoms with Gasteiger partial charge >= 0.3 is 0 Å². The first kappa shape index (κ1) is 17.2. The summed E-state index contributed by atoms with van der Waals surface area (Å²) in [4.78, 5) is 27.1. The van der Waals surface area contributed by atoms with Crippen molar-refractivity contribution < 1.29 is 9.59 Å². The molecular formula is C21H24N2O2. The molecule has 1 N–H and O–H groups in total. The van der Waals surface area contributed by atoms with Crippen LogP contribution in [-0.2, 0) is 4.79 Å². The van der Waals surface area contributed by atoms with Crippen molar-refractivity contribution in [1.82, 2.24) is 5.32 Å². The first-order valence-corrected chi connectivity index (χ1v) is 8.63. The highest BCUT2D eigenvalue weighted by Crippen LogP contribution is 2.24. The number of hydrogen-bond donors (Lipinski definition) is 1. The number of rotatable bonds is 3. The SMILES string of the molecule is Cc1ccc(C)c(C(=O)N[C@@H]2CCN(c3ccc(C)c(C)c3)C2=O)c1. The molecule has 0 unspecified atom stereocenters. The Labute approximate surface area is 148 Å². The number of benzene rings is 2. The van der Waals surface area contributed by atoms with E-state index in [1.54, 1.807) is 4.90 Å². The van der Waals surface area contributed by atoms with E-state index in [-0.39, 0.29) is 11.8 Å². The van der Waals surface area contributed by atoms with E-state index in [1.165, 1.54) is 5.56 Å². The molecule has 4 heteroatoms. The third kappa shape index (κ3) is 3.43. The lowest BCUT2D eigenvalue weighted by Crippen LogP contribution is -2.41. The molecule has 0 aliphatic carbocycles. The van der Waals surface area contributed by atoms with Gasteiger partial charge in [0.2, 0.25) is 5.91 Å². The normalized spacial score (nSPS) is 17.0. The predicted molar refractivity (Wildman–Crippen MR) is 100 cm³/mol. The molecule has 0 bridgehead atoms. The Morgan fingerprint density at radius 1 is 1.00 bits per heavy atom. The minimum atomic E-state index is -0.464. The van der Waals surface area contributed by atoms with E-state index in [0.717, 1.165) is 22.4 Å². The molecule has 4 nitrogen and oxygen atoms in total. The van der Waals surface area contributed by atoms with Crippen LogP contribution in [0.4, 0.5) is 5.69 Å². The van der Waals surface area contributed by atoms with E-state index in [0.29, 0.717) is 18.5 Å². The van der Waals surface area contributed by atoms with Crippen LogP contribution in [0.3, 0.4) is 0 Å². The van der Waals surface area contributed by atoms with Gasteiger partial charge in [-0.2, -0.15) is 0 Å². The van der Waals surface area contributed by atoms with Gasteiger partial charge in [-0.1, -0.05) is 23.8 Å². The van der Waals surface area contributed by atoms with Gasteiger partial charge in [0.1, 0.15) is 6.04 Å². The summed E-state index contributed by atoms with van der Waals surface area (Å²) in [6, 6.07) is 11.3. The topological polar surface area (TPSA) is 49.4 Å². The van der Waals surface area contributed by atoms with Crippen LogP contribution in [0.15, 0.2) is 36.4 Å². The average molecular weight is 336 g/mol. The van der Waals surface area contributed by atoms with Gasteiger partial charge in [0.05, 0.1) is 0 Å². The molecule has 2 aromatic rings. The van der Waals surface area contributed by atoms with Crippen molar-refractivity contribution >= 4 is 17.5 Å². The number of hydrogen-bond acceptors (Lipinski definition) is 2. The number of aryl methyl sites for hydroxylation is 4. The summed E-state index contributed by atoms with van der Waals surface area (Å²) in [5, 5.41) is 2.91. The fraction of sp³-hybridized carbons (Fsp3) is 0.333. The lowest BCUT2D eigenvalue weighted by Gasteiger charge is -2.18. The van der Waals surface area contributed by atoms with Crippen LogP contribution in [0.1, 0.15) is 39.0 Å². The van der Waals surface area contributed by atoms with Gasteiger partial charge < -0.3 is 10.2 Å². The van der Waals surface area contributed by atoms with E-state index >= 15 is 0 Å². The average Bonchev–Trinajstić information content (AvgIpc) is 2.93. The van der Waals surface area contributed by atoms with Gasteiger partial charge in [-0.25, -0.2) is 0 Å². The Kier molecular flexibility index (Phi) is 4.62. The van der Waals surface area contributed by atoms with Gasteiger partial charge in [0, 0.05) is 17.8 Å². The van der Waals surface area contributed by atoms with Crippen molar-refractivity contribution in [2.75, 3.05) is 11.4 Å². The summed E-state index contributed by atoms with van der Waals surface area (Å²) in [6.07, 6.45) is 0.627. The fourth-order valence-corrected chi connectivity index (χ4v) is 3.18. The molecule has 1 heterocycles. The summed E-state index contributed by atoms with van der Waals surface area (Å²) in [5.41, 5.74) is 5.85. The third-order valence-electron chi connectivity index (χ3n) is 4.95. The summed E-state index contributed by atoms with van der Waals surface area (Å²) >= 11 is 0. The second kappa shape index (κ2) is 6.71. The molecule has 130 valence electrons. The zero-order valence-electron chi connectivity index (χ0n) is 15.2.